The first-order chi connectivity index (χ1) is 9.88. The molecule has 0 unspecified atom stereocenters. The van der Waals surface area contributed by atoms with Crippen LogP contribution < -0.4 is 16.4 Å². The van der Waals surface area contributed by atoms with Crippen molar-refractivity contribution in [3.8, 4) is 0 Å². The van der Waals surface area contributed by atoms with Crippen LogP contribution in [-0.4, -0.2) is 10.9 Å². The van der Waals surface area contributed by atoms with Crippen LogP contribution in [0.2, 0.25) is 15.1 Å². The number of rotatable bonds is 3. The number of hydrogen-bond acceptors (Lipinski definition) is 3. The smallest absolute Gasteiger partial charge is 0.275 e. The van der Waals surface area contributed by atoms with E-state index in [1.165, 1.54) is 18.2 Å². The molecule has 8 heteroatoms. The number of carbonyl (C=O) groups is 1. The standard InChI is InChI=1S/C13H10Cl3N3O2/c1-6-2-3-8(12(20)17-6)13(21)19-18-11-9(15)4-7(14)5-10(11)16/h2-5,18H,1H3,(H,17,20)(H,19,21). The molecule has 1 aromatic heterocycles. The first-order valence-corrected chi connectivity index (χ1v) is 6.92. The van der Waals surface area contributed by atoms with Gasteiger partial charge in [0.2, 0.25) is 0 Å². The molecule has 0 saturated heterocycles. The number of amides is 1. The summed E-state index contributed by atoms with van der Waals surface area (Å²) in [5, 5.41) is 0.855. The van der Waals surface area contributed by atoms with Crippen LogP contribution >= 0.6 is 34.8 Å². The maximum atomic E-state index is 11.9. The van der Waals surface area contributed by atoms with E-state index < -0.39 is 11.5 Å². The van der Waals surface area contributed by atoms with Crippen LogP contribution in [-0.2, 0) is 0 Å². The van der Waals surface area contributed by atoms with Crippen LogP contribution in [0.15, 0.2) is 29.1 Å². The number of hydrazine groups is 1. The highest BCUT2D eigenvalue weighted by Crippen LogP contribution is 2.33. The van der Waals surface area contributed by atoms with E-state index in [2.05, 4.69) is 15.8 Å². The molecule has 1 heterocycles. The quantitative estimate of drug-likeness (QED) is 0.746. The first-order valence-electron chi connectivity index (χ1n) is 5.79. The Hall–Kier alpha value is -1.69. The van der Waals surface area contributed by atoms with Crippen LogP contribution in [0.5, 0.6) is 0 Å². The van der Waals surface area contributed by atoms with E-state index in [-0.39, 0.29) is 15.6 Å². The third-order valence-corrected chi connectivity index (χ3v) is 3.42. The van der Waals surface area contributed by atoms with Gasteiger partial charge < -0.3 is 4.98 Å². The second-order valence-electron chi connectivity index (χ2n) is 4.21. The summed E-state index contributed by atoms with van der Waals surface area (Å²) < 4.78 is 0. The zero-order valence-electron chi connectivity index (χ0n) is 10.8. The van der Waals surface area contributed by atoms with Crippen molar-refractivity contribution in [1.82, 2.24) is 10.4 Å². The van der Waals surface area contributed by atoms with Crippen molar-refractivity contribution < 1.29 is 4.79 Å². The molecule has 0 aliphatic heterocycles. The van der Waals surface area contributed by atoms with Crippen LogP contribution in [0.1, 0.15) is 16.1 Å². The molecule has 2 rings (SSSR count). The average molecular weight is 347 g/mol. The van der Waals surface area contributed by atoms with Gasteiger partial charge in [-0.25, -0.2) is 0 Å². The summed E-state index contributed by atoms with van der Waals surface area (Å²) in [5.41, 5.74) is 5.36. The van der Waals surface area contributed by atoms with E-state index in [0.717, 1.165) is 0 Å². The van der Waals surface area contributed by atoms with E-state index in [0.29, 0.717) is 16.4 Å². The maximum Gasteiger partial charge on any atom is 0.275 e. The Morgan fingerprint density at radius 2 is 1.76 bits per heavy atom. The molecule has 0 atom stereocenters. The minimum Gasteiger partial charge on any atom is -0.326 e. The van der Waals surface area contributed by atoms with Gasteiger partial charge in [0, 0.05) is 10.7 Å². The van der Waals surface area contributed by atoms with Gasteiger partial charge in [-0.2, -0.15) is 0 Å². The Balaban J connectivity index is 2.17. The molecule has 0 fully saturated rings. The highest BCUT2D eigenvalue weighted by Gasteiger charge is 2.12. The summed E-state index contributed by atoms with van der Waals surface area (Å²) in [4.78, 5) is 26.1. The number of carbonyl (C=O) groups excluding carboxylic acids is 1. The monoisotopic (exact) mass is 345 g/mol. The van der Waals surface area contributed by atoms with Gasteiger partial charge in [-0.05, 0) is 31.2 Å². The van der Waals surface area contributed by atoms with Gasteiger partial charge in [0.25, 0.3) is 11.5 Å². The van der Waals surface area contributed by atoms with Gasteiger partial charge in [-0.15, -0.1) is 0 Å². The lowest BCUT2D eigenvalue weighted by Gasteiger charge is -2.12. The largest absolute Gasteiger partial charge is 0.326 e. The zero-order valence-corrected chi connectivity index (χ0v) is 13.0. The van der Waals surface area contributed by atoms with Crippen molar-refractivity contribution in [1.29, 1.82) is 0 Å². The second kappa shape index (κ2) is 6.39. The fourth-order valence-corrected chi connectivity index (χ4v) is 2.51. The van der Waals surface area contributed by atoms with Crippen LogP contribution in [0.4, 0.5) is 5.69 Å². The lowest BCUT2D eigenvalue weighted by Crippen LogP contribution is -2.34. The highest BCUT2D eigenvalue weighted by atomic mass is 35.5. The molecular weight excluding hydrogens is 337 g/mol. The molecule has 0 saturated carbocycles. The van der Waals surface area contributed by atoms with Gasteiger partial charge in [-0.3, -0.25) is 20.4 Å². The van der Waals surface area contributed by atoms with Crippen molar-refractivity contribution in [3.05, 3.63) is 60.9 Å². The molecular formula is C13H10Cl3N3O2. The third kappa shape index (κ3) is 3.69. The highest BCUT2D eigenvalue weighted by molar-refractivity contribution is 6.41. The first kappa shape index (κ1) is 15.7. The van der Waals surface area contributed by atoms with Crippen molar-refractivity contribution in [2.45, 2.75) is 6.92 Å². The molecule has 0 aliphatic rings. The minimum atomic E-state index is -0.613. The molecule has 110 valence electrons. The number of pyridine rings is 1. The van der Waals surface area contributed by atoms with Crippen LogP contribution in [0.3, 0.4) is 0 Å². The van der Waals surface area contributed by atoms with Crippen LogP contribution in [0, 0.1) is 6.92 Å². The molecule has 2 aromatic rings. The van der Waals surface area contributed by atoms with Gasteiger partial charge in [0.05, 0.1) is 15.7 Å². The fourth-order valence-electron chi connectivity index (χ4n) is 1.60. The Morgan fingerprint density at radius 1 is 1.14 bits per heavy atom. The van der Waals surface area contributed by atoms with E-state index >= 15 is 0 Å². The topological polar surface area (TPSA) is 74.0 Å². The number of anilines is 1. The Kier molecular flexibility index (Phi) is 4.77. The minimum absolute atomic E-state index is 0.0330. The number of aryl methyl sites for hydroxylation is 1. The summed E-state index contributed by atoms with van der Waals surface area (Å²) >= 11 is 17.7. The number of benzene rings is 1. The number of aromatic nitrogens is 1. The average Bonchev–Trinajstić information content (AvgIpc) is 2.36. The third-order valence-electron chi connectivity index (χ3n) is 2.61. The summed E-state index contributed by atoms with van der Waals surface area (Å²) in [7, 11) is 0. The van der Waals surface area contributed by atoms with Crippen molar-refractivity contribution in [2.75, 3.05) is 5.43 Å². The molecule has 5 nitrogen and oxygen atoms in total. The summed E-state index contributed by atoms with van der Waals surface area (Å²) in [5.74, 6) is -0.613. The Labute approximate surface area is 135 Å². The predicted molar refractivity (Wildman–Crippen MR) is 84.4 cm³/mol. The van der Waals surface area contributed by atoms with Crippen molar-refractivity contribution in [2.24, 2.45) is 0 Å². The van der Waals surface area contributed by atoms with Gasteiger partial charge >= 0.3 is 0 Å². The number of halogens is 3. The van der Waals surface area contributed by atoms with Gasteiger partial charge in [0.15, 0.2) is 0 Å². The molecule has 3 N–H and O–H groups in total. The molecule has 1 aromatic carbocycles. The van der Waals surface area contributed by atoms with E-state index in [1.54, 1.807) is 13.0 Å². The number of nitrogens with one attached hydrogen (secondary N) is 3. The molecule has 21 heavy (non-hydrogen) atoms. The molecule has 0 bridgehead atoms. The van der Waals surface area contributed by atoms with Crippen molar-refractivity contribution in [3.63, 3.8) is 0 Å². The zero-order chi connectivity index (χ0) is 15.6. The van der Waals surface area contributed by atoms with Crippen LogP contribution in [0.25, 0.3) is 0 Å². The maximum absolute atomic E-state index is 11.9. The summed E-state index contributed by atoms with van der Waals surface area (Å²) in [6.45, 7) is 1.72. The Bertz CT molecular complexity index is 736. The number of aromatic amines is 1. The summed E-state index contributed by atoms with van der Waals surface area (Å²) in [6.07, 6.45) is 0. The van der Waals surface area contributed by atoms with Gasteiger partial charge in [0.1, 0.15) is 5.56 Å². The van der Waals surface area contributed by atoms with E-state index in [1.807, 2.05) is 0 Å². The second-order valence-corrected chi connectivity index (χ2v) is 5.46. The Morgan fingerprint density at radius 3 is 2.33 bits per heavy atom. The summed E-state index contributed by atoms with van der Waals surface area (Å²) in [6, 6.07) is 6.00. The molecule has 1 amide bonds. The fraction of sp³-hybridized carbons (Fsp3) is 0.0769. The SMILES string of the molecule is Cc1ccc(C(=O)NNc2c(Cl)cc(Cl)cc2Cl)c(=O)[nH]1. The normalized spacial score (nSPS) is 10.3. The molecule has 0 radical (unpaired) electrons. The lowest BCUT2D eigenvalue weighted by molar-refractivity contribution is 0.0961. The lowest BCUT2D eigenvalue weighted by atomic mass is 10.2. The molecule has 0 spiro atoms. The van der Waals surface area contributed by atoms with Gasteiger partial charge in [-0.1, -0.05) is 34.8 Å². The van der Waals surface area contributed by atoms with E-state index in [9.17, 15) is 9.59 Å². The van der Waals surface area contributed by atoms with Crippen molar-refractivity contribution >= 4 is 46.4 Å². The molecule has 0 aliphatic carbocycles. The van der Waals surface area contributed by atoms with E-state index in [4.69, 9.17) is 34.8 Å². The predicted octanol–water partition coefficient (Wildman–Crippen LogP) is 3.40. The number of hydrogen-bond donors (Lipinski definition) is 3. The number of H-pyrrole nitrogens is 1.